The number of terminal acetylenes is 1. The molecule has 0 aromatic carbocycles. The van der Waals surface area contributed by atoms with Crippen molar-refractivity contribution >= 4 is 35.4 Å². The van der Waals surface area contributed by atoms with E-state index in [1.165, 1.54) is 10.9 Å². The first-order valence-electron chi connectivity index (χ1n) is 10.1. The standard InChI is InChI=1S/C19H28N5O6PS/c1-6-7-27-15-14(30-31(26,32)11(4)5)12(8-28-10(2)3)29-18(15)24-9-21-13-16(24)22-19(20)23-17(13)25/h1,9-12,14-15,18H,7-8H2,2-5H3,(H,26,32)(H3,20,22,23,25)/p-1/t12-,14+,15?,18-,31?/m1/s1. The number of rotatable bonds is 9. The molecule has 0 spiro atoms. The molecule has 2 unspecified atom stereocenters. The molecule has 1 saturated heterocycles. The van der Waals surface area contributed by atoms with Gasteiger partial charge in [-0.05, 0) is 26.0 Å². The average Bonchev–Trinajstić information content (AvgIpc) is 3.25. The summed E-state index contributed by atoms with van der Waals surface area (Å²) in [5.74, 6) is 2.33. The molecule has 5 atom stereocenters. The lowest BCUT2D eigenvalue weighted by atomic mass is 10.1. The molecule has 0 radical (unpaired) electrons. The van der Waals surface area contributed by atoms with E-state index in [-0.39, 0.29) is 36.4 Å². The second kappa shape index (κ2) is 9.97. The highest BCUT2D eigenvalue weighted by molar-refractivity contribution is 8.09. The van der Waals surface area contributed by atoms with Gasteiger partial charge in [0.25, 0.3) is 5.56 Å². The zero-order chi connectivity index (χ0) is 23.6. The Morgan fingerprint density at radius 3 is 2.78 bits per heavy atom. The van der Waals surface area contributed by atoms with Crippen molar-refractivity contribution in [3.8, 4) is 12.3 Å². The summed E-state index contributed by atoms with van der Waals surface area (Å²) in [6.45, 7) is 3.84. The van der Waals surface area contributed by atoms with Crippen LogP contribution < -0.4 is 16.2 Å². The number of H-pyrrole nitrogens is 1. The van der Waals surface area contributed by atoms with Gasteiger partial charge in [0.2, 0.25) is 5.95 Å². The molecule has 0 saturated carbocycles. The van der Waals surface area contributed by atoms with Gasteiger partial charge in [-0.3, -0.25) is 14.3 Å². The van der Waals surface area contributed by atoms with Gasteiger partial charge in [-0.15, -0.1) is 6.42 Å². The molecule has 0 bridgehead atoms. The Kier molecular flexibility index (Phi) is 7.73. The molecule has 13 heteroatoms. The maximum absolute atomic E-state index is 13.0. The van der Waals surface area contributed by atoms with Gasteiger partial charge in [0.05, 0.1) is 19.0 Å². The molecule has 2 aromatic heterocycles. The van der Waals surface area contributed by atoms with Crippen molar-refractivity contribution in [2.75, 3.05) is 18.9 Å². The maximum atomic E-state index is 13.0. The van der Waals surface area contributed by atoms with Crippen LogP contribution in [0.4, 0.5) is 5.95 Å². The summed E-state index contributed by atoms with van der Waals surface area (Å²) in [4.78, 5) is 35.9. The third-order valence-corrected chi connectivity index (χ3v) is 8.19. The molecule has 3 heterocycles. The molecule has 1 aliphatic rings. The van der Waals surface area contributed by atoms with Crippen molar-refractivity contribution in [2.45, 2.75) is 64.0 Å². The van der Waals surface area contributed by atoms with E-state index in [0.29, 0.717) is 0 Å². The van der Waals surface area contributed by atoms with Crippen LogP contribution in [0.15, 0.2) is 11.1 Å². The van der Waals surface area contributed by atoms with Crippen molar-refractivity contribution in [3.63, 3.8) is 0 Å². The lowest BCUT2D eigenvalue weighted by Gasteiger charge is -2.37. The van der Waals surface area contributed by atoms with Crippen LogP contribution in [-0.2, 0) is 30.5 Å². The number of ether oxygens (including phenoxy) is 3. The van der Waals surface area contributed by atoms with Gasteiger partial charge in [0, 0.05) is 0 Å². The first-order chi connectivity index (χ1) is 15.0. The maximum Gasteiger partial charge on any atom is 0.280 e. The minimum Gasteiger partial charge on any atom is -0.800 e. The number of aromatic nitrogens is 4. The summed E-state index contributed by atoms with van der Waals surface area (Å²) in [6.07, 6.45) is 3.48. The minimum absolute atomic E-state index is 0.0612. The van der Waals surface area contributed by atoms with Gasteiger partial charge in [-0.1, -0.05) is 31.6 Å². The third kappa shape index (κ3) is 5.21. The van der Waals surface area contributed by atoms with Gasteiger partial charge in [-0.2, -0.15) is 4.98 Å². The van der Waals surface area contributed by atoms with Gasteiger partial charge in [0.1, 0.15) is 24.9 Å². The van der Waals surface area contributed by atoms with E-state index in [1.54, 1.807) is 13.8 Å². The Hall–Kier alpha value is -1.84. The van der Waals surface area contributed by atoms with Gasteiger partial charge in [-0.25, -0.2) is 4.98 Å². The number of nitrogens with zero attached hydrogens (tertiary/aromatic N) is 3. The Morgan fingerprint density at radius 2 is 2.16 bits per heavy atom. The number of hydrogen-bond donors (Lipinski definition) is 2. The monoisotopic (exact) mass is 484 g/mol. The van der Waals surface area contributed by atoms with E-state index < -0.39 is 42.2 Å². The van der Waals surface area contributed by atoms with E-state index in [0.717, 1.165) is 0 Å². The van der Waals surface area contributed by atoms with E-state index >= 15 is 0 Å². The van der Waals surface area contributed by atoms with Gasteiger partial charge < -0.3 is 29.4 Å². The number of fused-ring (bicyclic) bond motifs is 1. The van der Waals surface area contributed by atoms with Gasteiger partial charge >= 0.3 is 0 Å². The van der Waals surface area contributed by atoms with Crippen molar-refractivity contribution in [1.29, 1.82) is 0 Å². The SMILES string of the molecule is C#CCOC1[C@@H](OP([O-])(=S)C(C)C)[C@@H](COC(C)C)O[C@H]1n1cnc2c(=O)[nH]c(N)nc21. The normalized spacial score (nSPS) is 25.4. The number of nitrogen functional groups attached to an aromatic ring is 1. The number of nitrogens with two attached hydrogens (primary N) is 1. The number of hydrogen-bond acceptors (Lipinski definition) is 10. The summed E-state index contributed by atoms with van der Waals surface area (Å²) in [5.41, 5.74) is 5.10. The second-order valence-corrected chi connectivity index (χ2v) is 11.8. The first-order valence-corrected chi connectivity index (χ1v) is 12.8. The molecule has 176 valence electrons. The van der Waals surface area contributed by atoms with Crippen molar-refractivity contribution in [2.24, 2.45) is 0 Å². The summed E-state index contributed by atoms with van der Waals surface area (Å²) in [7, 11) is 0. The fourth-order valence-electron chi connectivity index (χ4n) is 3.22. The molecule has 0 aliphatic carbocycles. The number of anilines is 1. The highest BCUT2D eigenvalue weighted by Gasteiger charge is 2.49. The smallest absolute Gasteiger partial charge is 0.280 e. The summed E-state index contributed by atoms with van der Waals surface area (Å²) in [5, 5.41) is 0. The summed E-state index contributed by atoms with van der Waals surface area (Å²) in [6, 6.07) is 0. The molecule has 3 N–H and O–H groups in total. The quantitative estimate of drug-likeness (QED) is 0.381. The lowest BCUT2D eigenvalue weighted by molar-refractivity contribution is -0.193. The Labute approximate surface area is 190 Å². The molecular formula is C19H27N5O6PS-. The largest absolute Gasteiger partial charge is 0.800 e. The molecule has 2 aromatic rings. The number of aromatic amines is 1. The zero-order valence-corrected chi connectivity index (χ0v) is 20.0. The predicted molar refractivity (Wildman–Crippen MR) is 120 cm³/mol. The van der Waals surface area contributed by atoms with E-state index in [1.807, 2.05) is 13.8 Å². The van der Waals surface area contributed by atoms with E-state index in [2.05, 4.69) is 20.9 Å². The fourth-order valence-corrected chi connectivity index (χ4v) is 4.36. The summed E-state index contributed by atoms with van der Waals surface area (Å²) < 4.78 is 25.3. The van der Waals surface area contributed by atoms with Gasteiger partial charge in [0.15, 0.2) is 17.4 Å². The van der Waals surface area contributed by atoms with Crippen LogP contribution in [0.5, 0.6) is 0 Å². The predicted octanol–water partition coefficient (Wildman–Crippen LogP) is 0.506. The molecule has 3 rings (SSSR count). The van der Waals surface area contributed by atoms with Crippen LogP contribution in [0.3, 0.4) is 0 Å². The van der Waals surface area contributed by atoms with Crippen LogP contribution in [0.25, 0.3) is 11.2 Å². The third-order valence-electron chi connectivity index (χ3n) is 4.86. The van der Waals surface area contributed by atoms with Crippen LogP contribution in [0, 0.1) is 12.3 Å². The van der Waals surface area contributed by atoms with Crippen LogP contribution in [-0.4, -0.2) is 62.8 Å². The highest BCUT2D eigenvalue weighted by Crippen LogP contribution is 2.49. The molecule has 32 heavy (non-hydrogen) atoms. The zero-order valence-electron chi connectivity index (χ0n) is 18.3. The van der Waals surface area contributed by atoms with Crippen LogP contribution in [0.2, 0.25) is 0 Å². The van der Waals surface area contributed by atoms with E-state index in [9.17, 15) is 9.69 Å². The van der Waals surface area contributed by atoms with E-state index in [4.69, 9.17) is 42.7 Å². The minimum atomic E-state index is -3.43. The molecule has 11 nitrogen and oxygen atoms in total. The number of nitrogens with one attached hydrogen (secondary N) is 1. The lowest BCUT2D eigenvalue weighted by Crippen LogP contribution is -2.40. The fraction of sp³-hybridized carbons (Fsp3) is 0.632. The average molecular weight is 484 g/mol. The topological polar surface area (TPSA) is 150 Å². The molecule has 1 aliphatic heterocycles. The number of imidazole rings is 1. The molecular weight excluding hydrogens is 457 g/mol. The molecule has 0 amide bonds. The Balaban J connectivity index is 2.05. The second-order valence-electron chi connectivity index (χ2n) is 7.91. The molecule has 1 fully saturated rings. The van der Waals surface area contributed by atoms with Crippen molar-refractivity contribution in [1.82, 2.24) is 19.5 Å². The van der Waals surface area contributed by atoms with Crippen molar-refractivity contribution < 1.29 is 23.6 Å². The van der Waals surface area contributed by atoms with Crippen LogP contribution >= 0.6 is 6.49 Å². The van der Waals surface area contributed by atoms with Crippen LogP contribution in [0.1, 0.15) is 33.9 Å². The summed E-state index contributed by atoms with van der Waals surface area (Å²) >= 11 is 5.26. The Morgan fingerprint density at radius 1 is 1.44 bits per heavy atom. The Bertz CT molecular complexity index is 1100. The highest BCUT2D eigenvalue weighted by atomic mass is 32.5. The first kappa shape index (κ1) is 24.8. The van der Waals surface area contributed by atoms with Crippen molar-refractivity contribution in [3.05, 3.63) is 16.7 Å².